The van der Waals surface area contributed by atoms with Gasteiger partial charge < -0.3 is 20.4 Å². The molecule has 2 aromatic heterocycles. The number of methoxy groups -OCH3 is 1. The van der Waals surface area contributed by atoms with E-state index in [4.69, 9.17) is 5.73 Å². The number of hydrogen-bond donors (Lipinski definition) is 4. The lowest BCUT2D eigenvalue weighted by atomic mass is 10.6. The highest BCUT2D eigenvalue weighted by Gasteiger charge is 2.04. The number of nitrogens with zero attached hydrogens (tertiary/aromatic N) is 1. The zero-order chi connectivity index (χ0) is 15.1. The fourth-order valence-corrected chi connectivity index (χ4v) is 1.36. The van der Waals surface area contributed by atoms with Crippen molar-refractivity contribution in [2.75, 3.05) is 7.11 Å². The average molecular weight is 299 g/mol. The molecule has 108 valence electrons. The van der Waals surface area contributed by atoms with E-state index in [1.165, 1.54) is 25.6 Å². The van der Waals surface area contributed by atoms with Gasteiger partial charge in [0.05, 0.1) is 20.0 Å². The lowest BCUT2D eigenvalue weighted by molar-refractivity contribution is 0.397. The Balaban J connectivity index is 0.000000217. The number of hydrogen-bond acceptors (Lipinski definition) is 6. The van der Waals surface area contributed by atoms with E-state index in [1.54, 1.807) is 0 Å². The molecule has 0 spiro atoms. The first-order chi connectivity index (χ1) is 9.49. The topological polar surface area (TPSA) is 139 Å². The van der Waals surface area contributed by atoms with Crippen molar-refractivity contribution >= 4 is 12.2 Å². The van der Waals surface area contributed by atoms with Gasteiger partial charge in [0.15, 0.2) is 4.77 Å². The van der Waals surface area contributed by atoms with Crippen molar-refractivity contribution in [2.45, 2.75) is 6.67 Å². The summed E-state index contributed by atoms with van der Waals surface area (Å²) in [5.74, 6) is 0.0695. The van der Waals surface area contributed by atoms with E-state index in [1.807, 2.05) is 0 Å². The van der Waals surface area contributed by atoms with Crippen LogP contribution in [0.25, 0.3) is 0 Å². The van der Waals surface area contributed by atoms with Crippen LogP contribution in [0, 0.1) is 4.77 Å². The van der Waals surface area contributed by atoms with Crippen molar-refractivity contribution in [3.63, 3.8) is 0 Å². The quantitative estimate of drug-likeness (QED) is 0.519. The summed E-state index contributed by atoms with van der Waals surface area (Å²) in [4.78, 5) is 39.8. The van der Waals surface area contributed by atoms with Crippen LogP contribution in [-0.4, -0.2) is 26.6 Å². The molecule has 0 unspecified atom stereocenters. The summed E-state index contributed by atoms with van der Waals surface area (Å²) in [6, 6.07) is 1.37. The van der Waals surface area contributed by atoms with Gasteiger partial charge in [0, 0.05) is 12.3 Å². The summed E-state index contributed by atoms with van der Waals surface area (Å²) in [6.07, 6.45) is 2.71. The predicted molar refractivity (Wildman–Crippen MR) is 74.3 cm³/mol. The smallest absolute Gasteiger partial charge is 0.329 e. The van der Waals surface area contributed by atoms with Crippen molar-refractivity contribution in [3.8, 4) is 5.75 Å². The zero-order valence-electron chi connectivity index (χ0n) is 10.5. The largest absolute Gasteiger partial charge is 0.490 e. The molecule has 0 aliphatic heterocycles. The van der Waals surface area contributed by atoms with Gasteiger partial charge in [-0.2, -0.15) is 0 Å². The predicted octanol–water partition coefficient (Wildman–Crippen LogP) is -1.11. The summed E-state index contributed by atoms with van der Waals surface area (Å²) in [5.41, 5.74) is 3.93. The molecule has 9 nitrogen and oxygen atoms in total. The number of H-pyrrole nitrogens is 3. The Kier molecular flexibility index (Phi) is 5.62. The van der Waals surface area contributed by atoms with Crippen LogP contribution >= 0.6 is 12.2 Å². The Hall–Kier alpha value is -2.46. The van der Waals surface area contributed by atoms with Crippen LogP contribution in [0.4, 0.5) is 0 Å². The number of nitrogens with one attached hydrogen (secondary N) is 3. The summed E-state index contributed by atoms with van der Waals surface area (Å²) in [5, 5.41) is 0. The van der Waals surface area contributed by atoms with E-state index in [2.05, 4.69) is 31.9 Å². The fraction of sp³-hybridized carbons (Fsp3) is 0.200. The number of ether oxygens (including phenoxy) is 1. The molecule has 0 amide bonds. The number of rotatable bonds is 2. The molecule has 0 saturated carbocycles. The molecular weight excluding hydrogens is 286 g/mol. The molecule has 10 heteroatoms. The van der Waals surface area contributed by atoms with Crippen LogP contribution in [0.3, 0.4) is 0 Å². The second-order valence-corrected chi connectivity index (χ2v) is 3.78. The molecule has 0 atom stereocenters. The molecule has 0 saturated heterocycles. The number of aromatic nitrogens is 4. The van der Waals surface area contributed by atoms with E-state index in [0.717, 1.165) is 4.57 Å². The first-order valence-corrected chi connectivity index (χ1v) is 5.75. The molecule has 5 N–H and O–H groups in total. The molecule has 2 heterocycles. The average Bonchev–Trinajstić information content (AvgIpc) is 2.40. The molecule has 0 aromatic carbocycles. The Morgan fingerprint density at radius 1 is 1.35 bits per heavy atom. The van der Waals surface area contributed by atoms with Crippen LogP contribution in [0.5, 0.6) is 5.75 Å². The monoisotopic (exact) mass is 299 g/mol. The molecule has 0 fully saturated rings. The van der Waals surface area contributed by atoms with Crippen LogP contribution in [-0.2, 0) is 6.67 Å². The van der Waals surface area contributed by atoms with Gasteiger partial charge in [0.1, 0.15) is 0 Å². The molecular formula is C10H13N5O4S. The van der Waals surface area contributed by atoms with E-state index >= 15 is 0 Å². The third-order valence-corrected chi connectivity index (χ3v) is 2.34. The lowest BCUT2D eigenvalue weighted by Crippen LogP contribution is -2.37. The minimum Gasteiger partial charge on any atom is -0.490 e. The Morgan fingerprint density at radius 3 is 2.50 bits per heavy atom. The maximum atomic E-state index is 11.2. The Bertz CT molecular complexity index is 762. The summed E-state index contributed by atoms with van der Waals surface area (Å²) < 4.78 is 5.89. The number of aromatic amines is 3. The van der Waals surface area contributed by atoms with E-state index in [-0.39, 0.29) is 18.0 Å². The van der Waals surface area contributed by atoms with E-state index in [9.17, 15) is 14.4 Å². The van der Waals surface area contributed by atoms with E-state index < -0.39 is 11.2 Å². The molecule has 0 aliphatic carbocycles. The Morgan fingerprint density at radius 2 is 2.05 bits per heavy atom. The second kappa shape index (κ2) is 7.21. The highest BCUT2D eigenvalue weighted by molar-refractivity contribution is 7.71. The van der Waals surface area contributed by atoms with E-state index in [0.29, 0.717) is 4.77 Å². The van der Waals surface area contributed by atoms with Crippen LogP contribution < -0.4 is 27.3 Å². The summed E-state index contributed by atoms with van der Waals surface area (Å²) in [6.45, 7) is -0.161. The Labute approximate surface area is 117 Å². The van der Waals surface area contributed by atoms with Crippen molar-refractivity contribution < 1.29 is 4.74 Å². The van der Waals surface area contributed by atoms with Crippen LogP contribution in [0.15, 0.2) is 32.8 Å². The van der Waals surface area contributed by atoms with Crippen molar-refractivity contribution in [1.29, 1.82) is 0 Å². The van der Waals surface area contributed by atoms with Crippen LogP contribution in [0.1, 0.15) is 0 Å². The van der Waals surface area contributed by atoms with Gasteiger partial charge in [-0.3, -0.25) is 14.6 Å². The zero-order valence-corrected chi connectivity index (χ0v) is 11.3. The molecule has 2 rings (SSSR count). The summed E-state index contributed by atoms with van der Waals surface area (Å²) in [7, 11) is 1.34. The van der Waals surface area contributed by atoms with Crippen LogP contribution in [0.2, 0.25) is 0 Å². The minimum atomic E-state index is -0.539. The maximum Gasteiger partial charge on any atom is 0.329 e. The van der Waals surface area contributed by atoms with Crippen molar-refractivity contribution in [1.82, 2.24) is 19.5 Å². The SMILES string of the molecule is COc1c[nH]c(=O)n(CN)c1=O.O=c1cc[nH]c(=S)[nH]1. The maximum absolute atomic E-state index is 11.2. The fourth-order valence-electron chi connectivity index (χ4n) is 1.19. The first kappa shape index (κ1) is 15.6. The third kappa shape index (κ3) is 4.03. The molecule has 0 radical (unpaired) electrons. The molecule has 0 bridgehead atoms. The van der Waals surface area contributed by atoms with Crippen molar-refractivity contribution in [2.24, 2.45) is 5.73 Å². The van der Waals surface area contributed by atoms with Gasteiger partial charge in [-0.25, -0.2) is 9.36 Å². The highest BCUT2D eigenvalue weighted by atomic mass is 32.1. The van der Waals surface area contributed by atoms with Gasteiger partial charge in [-0.15, -0.1) is 0 Å². The normalized spacial score (nSPS) is 9.50. The van der Waals surface area contributed by atoms with Gasteiger partial charge in [0.25, 0.3) is 11.1 Å². The minimum absolute atomic E-state index is 0.0695. The lowest BCUT2D eigenvalue weighted by Gasteiger charge is -2.01. The van der Waals surface area contributed by atoms with Crippen molar-refractivity contribution in [3.05, 3.63) is 54.4 Å². The first-order valence-electron chi connectivity index (χ1n) is 5.34. The standard InChI is InChI=1S/C6H9N3O3.C4H4N2OS/c1-12-4-2-8-6(11)9(3-7)5(4)10;7-3-1-2-5-4(8)6-3/h2H,3,7H2,1H3,(H,8,11);1-2H,(H2,5,6,7,8). The highest BCUT2D eigenvalue weighted by Crippen LogP contribution is 1.93. The van der Waals surface area contributed by atoms with Gasteiger partial charge >= 0.3 is 5.69 Å². The second-order valence-electron chi connectivity index (χ2n) is 3.37. The third-order valence-electron chi connectivity index (χ3n) is 2.12. The number of nitrogens with two attached hydrogens (primary N) is 1. The van der Waals surface area contributed by atoms with Gasteiger partial charge in [0.2, 0.25) is 5.75 Å². The molecule has 2 aromatic rings. The summed E-state index contributed by atoms with van der Waals surface area (Å²) >= 11 is 4.59. The van der Waals surface area contributed by atoms with Gasteiger partial charge in [-0.1, -0.05) is 0 Å². The molecule has 0 aliphatic rings. The van der Waals surface area contributed by atoms with Gasteiger partial charge in [-0.05, 0) is 12.2 Å². The molecule has 20 heavy (non-hydrogen) atoms.